The molecule has 2 heterocycles. The summed E-state index contributed by atoms with van der Waals surface area (Å²) in [6.07, 6.45) is 1.83. The molecule has 1 fully saturated rings. The number of hydrogen-bond acceptors (Lipinski definition) is 4. The van der Waals surface area contributed by atoms with Gasteiger partial charge in [0.15, 0.2) is 5.82 Å². The van der Waals surface area contributed by atoms with Gasteiger partial charge in [-0.2, -0.15) is 0 Å². The van der Waals surface area contributed by atoms with Crippen molar-refractivity contribution in [2.24, 2.45) is 5.92 Å². The van der Waals surface area contributed by atoms with Crippen molar-refractivity contribution in [3.63, 3.8) is 0 Å². The first-order valence-corrected chi connectivity index (χ1v) is 5.58. The van der Waals surface area contributed by atoms with E-state index >= 15 is 0 Å². The van der Waals surface area contributed by atoms with Crippen LogP contribution in [0.5, 0.6) is 0 Å². The van der Waals surface area contributed by atoms with Crippen LogP contribution in [0.15, 0.2) is 10.6 Å². The van der Waals surface area contributed by atoms with E-state index in [2.05, 4.69) is 22.4 Å². The number of nitrogens with one attached hydrogen (secondary N) is 1. The third kappa shape index (κ3) is 2.61. The number of aromatic nitrogens is 1. The second-order valence-electron chi connectivity index (χ2n) is 4.39. The summed E-state index contributed by atoms with van der Waals surface area (Å²) < 4.78 is 4.90. The number of amides is 1. The van der Waals surface area contributed by atoms with Gasteiger partial charge in [0.2, 0.25) is 5.91 Å². The first kappa shape index (κ1) is 11.1. The van der Waals surface area contributed by atoms with E-state index in [-0.39, 0.29) is 11.8 Å². The van der Waals surface area contributed by atoms with Gasteiger partial charge in [-0.1, -0.05) is 5.16 Å². The Bertz CT molecular complexity index is 367. The zero-order valence-corrected chi connectivity index (χ0v) is 9.69. The lowest BCUT2D eigenvalue weighted by atomic mass is 9.96. The highest BCUT2D eigenvalue weighted by atomic mass is 16.5. The molecule has 0 aliphatic carbocycles. The topological polar surface area (TPSA) is 58.4 Å². The largest absolute Gasteiger partial charge is 0.360 e. The van der Waals surface area contributed by atoms with Crippen LogP contribution in [-0.2, 0) is 4.79 Å². The summed E-state index contributed by atoms with van der Waals surface area (Å²) in [6, 6.07) is 1.73. The number of rotatable bonds is 2. The van der Waals surface area contributed by atoms with E-state index in [1.54, 1.807) is 13.0 Å². The fraction of sp³-hybridized carbons (Fsp3) is 0.636. The lowest BCUT2D eigenvalue weighted by molar-refractivity contribution is -0.121. The van der Waals surface area contributed by atoms with Gasteiger partial charge in [-0.25, -0.2) is 0 Å². The molecule has 0 saturated carbocycles. The zero-order valence-electron chi connectivity index (χ0n) is 9.69. The quantitative estimate of drug-likeness (QED) is 0.820. The summed E-state index contributed by atoms with van der Waals surface area (Å²) in [4.78, 5) is 14.1. The van der Waals surface area contributed by atoms with Crippen LogP contribution in [0.3, 0.4) is 0 Å². The molecule has 5 nitrogen and oxygen atoms in total. The number of aryl methyl sites for hydroxylation is 1. The molecule has 2 rings (SSSR count). The minimum Gasteiger partial charge on any atom is -0.360 e. The summed E-state index contributed by atoms with van der Waals surface area (Å²) in [7, 11) is 2.08. The first-order valence-electron chi connectivity index (χ1n) is 5.58. The molecule has 1 aromatic rings. The maximum atomic E-state index is 11.9. The summed E-state index contributed by atoms with van der Waals surface area (Å²) in [5.41, 5.74) is 0. The van der Waals surface area contributed by atoms with E-state index in [4.69, 9.17) is 4.52 Å². The Morgan fingerprint density at radius 3 is 2.81 bits per heavy atom. The summed E-state index contributed by atoms with van der Waals surface area (Å²) in [5.74, 6) is 1.38. The average molecular weight is 223 g/mol. The third-order valence-corrected chi connectivity index (χ3v) is 2.97. The van der Waals surface area contributed by atoms with Crippen molar-refractivity contribution >= 4 is 11.7 Å². The smallest absolute Gasteiger partial charge is 0.228 e. The van der Waals surface area contributed by atoms with Crippen LogP contribution < -0.4 is 5.32 Å². The molecule has 0 aromatic carbocycles. The molecule has 1 aliphatic rings. The van der Waals surface area contributed by atoms with Crippen LogP contribution in [0.25, 0.3) is 0 Å². The van der Waals surface area contributed by atoms with E-state index in [0.717, 1.165) is 25.9 Å². The molecule has 1 amide bonds. The SMILES string of the molecule is Cc1cc(NC(=O)C2CCN(C)CC2)no1. The predicted octanol–water partition coefficient (Wildman–Crippen LogP) is 1.26. The Kier molecular flexibility index (Phi) is 3.24. The van der Waals surface area contributed by atoms with Crippen molar-refractivity contribution < 1.29 is 9.32 Å². The van der Waals surface area contributed by atoms with Gasteiger partial charge in [-0.05, 0) is 39.9 Å². The molecule has 0 unspecified atom stereocenters. The first-order chi connectivity index (χ1) is 7.65. The number of anilines is 1. The minimum absolute atomic E-state index is 0.0569. The number of likely N-dealkylation sites (tertiary alicyclic amines) is 1. The van der Waals surface area contributed by atoms with Gasteiger partial charge in [0, 0.05) is 12.0 Å². The predicted molar refractivity (Wildman–Crippen MR) is 60.1 cm³/mol. The van der Waals surface area contributed by atoms with Crippen LogP contribution in [0.1, 0.15) is 18.6 Å². The molecule has 0 radical (unpaired) electrons. The summed E-state index contributed by atoms with van der Waals surface area (Å²) in [6.45, 7) is 3.77. The molecule has 1 N–H and O–H groups in total. The van der Waals surface area contributed by atoms with Crippen LogP contribution in [0.4, 0.5) is 5.82 Å². The van der Waals surface area contributed by atoms with Crippen molar-refractivity contribution in [3.8, 4) is 0 Å². The molecular weight excluding hydrogens is 206 g/mol. The Morgan fingerprint density at radius 1 is 1.56 bits per heavy atom. The van der Waals surface area contributed by atoms with Crippen molar-refractivity contribution in [3.05, 3.63) is 11.8 Å². The lowest BCUT2D eigenvalue weighted by Crippen LogP contribution is -2.35. The molecule has 88 valence electrons. The Labute approximate surface area is 94.8 Å². The van der Waals surface area contributed by atoms with Crippen molar-refractivity contribution in [2.75, 3.05) is 25.5 Å². The van der Waals surface area contributed by atoms with E-state index in [0.29, 0.717) is 11.6 Å². The van der Waals surface area contributed by atoms with Crippen molar-refractivity contribution in [1.82, 2.24) is 10.1 Å². The monoisotopic (exact) mass is 223 g/mol. The summed E-state index contributed by atoms with van der Waals surface area (Å²) >= 11 is 0. The maximum absolute atomic E-state index is 11.9. The van der Waals surface area contributed by atoms with Gasteiger partial charge in [-0.3, -0.25) is 4.79 Å². The standard InChI is InChI=1S/C11H17N3O2/c1-8-7-10(13-16-8)12-11(15)9-3-5-14(2)6-4-9/h7,9H,3-6H2,1-2H3,(H,12,13,15). The summed E-state index contributed by atoms with van der Waals surface area (Å²) in [5, 5.41) is 6.53. The van der Waals surface area contributed by atoms with Gasteiger partial charge in [0.1, 0.15) is 5.76 Å². The normalized spacial score (nSPS) is 18.6. The highest BCUT2D eigenvalue weighted by Gasteiger charge is 2.23. The fourth-order valence-electron chi connectivity index (χ4n) is 1.92. The van der Waals surface area contributed by atoms with Crippen LogP contribution >= 0.6 is 0 Å². The van der Waals surface area contributed by atoms with E-state index < -0.39 is 0 Å². The molecule has 0 atom stereocenters. The van der Waals surface area contributed by atoms with Gasteiger partial charge in [-0.15, -0.1) is 0 Å². The second kappa shape index (κ2) is 4.65. The van der Waals surface area contributed by atoms with Gasteiger partial charge >= 0.3 is 0 Å². The molecule has 1 aliphatic heterocycles. The molecule has 1 aromatic heterocycles. The third-order valence-electron chi connectivity index (χ3n) is 2.97. The molecule has 16 heavy (non-hydrogen) atoms. The van der Waals surface area contributed by atoms with E-state index in [1.807, 2.05) is 0 Å². The molecular formula is C11H17N3O2. The van der Waals surface area contributed by atoms with Gasteiger partial charge in [0.25, 0.3) is 0 Å². The lowest BCUT2D eigenvalue weighted by Gasteiger charge is -2.27. The Hall–Kier alpha value is -1.36. The highest BCUT2D eigenvalue weighted by Crippen LogP contribution is 2.18. The van der Waals surface area contributed by atoms with E-state index in [9.17, 15) is 4.79 Å². The van der Waals surface area contributed by atoms with E-state index in [1.165, 1.54) is 0 Å². The highest BCUT2D eigenvalue weighted by molar-refractivity contribution is 5.91. The van der Waals surface area contributed by atoms with Crippen LogP contribution in [0.2, 0.25) is 0 Å². The van der Waals surface area contributed by atoms with Gasteiger partial charge in [0.05, 0.1) is 0 Å². The van der Waals surface area contributed by atoms with Crippen molar-refractivity contribution in [2.45, 2.75) is 19.8 Å². The molecule has 5 heteroatoms. The van der Waals surface area contributed by atoms with Crippen LogP contribution in [0, 0.1) is 12.8 Å². The molecule has 0 spiro atoms. The van der Waals surface area contributed by atoms with Crippen LogP contribution in [-0.4, -0.2) is 36.1 Å². The Morgan fingerprint density at radius 2 is 2.25 bits per heavy atom. The van der Waals surface area contributed by atoms with Gasteiger partial charge < -0.3 is 14.7 Å². The number of hydrogen-bond donors (Lipinski definition) is 1. The number of carbonyl (C=O) groups is 1. The Balaban J connectivity index is 1.88. The number of carbonyl (C=O) groups excluding carboxylic acids is 1. The minimum atomic E-state index is 0.0569. The maximum Gasteiger partial charge on any atom is 0.228 e. The zero-order chi connectivity index (χ0) is 11.5. The second-order valence-corrected chi connectivity index (χ2v) is 4.39. The van der Waals surface area contributed by atoms with Crippen molar-refractivity contribution in [1.29, 1.82) is 0 Å². The molecule has 1 saturated heterocycles. The molecule has 0 bridgehead atoms. The fourth-order valence-corrected chi connectivity index (χ4v) is 1.92. The number of nitrogens with zero attached hydrogens (tertiary/aromatic N) is 2. The average Bonchev–Trinajstić information content (AvgIpc) is 2.65. The number of piperidine rings is 1.